The van der Waals surface area contributed by atoms with Crippen molar-refractivity contribution in [1.82, 2.24) is 30.1 Å². The van der Waals surface area contributed by atoms with Crippen LogP contribution in [-0.2, 0) is 11.3 Å². The molecule has 0 amide bonds. The summed E-state index contributed by atoms with van der Waals surface area (Å²) in [5, 5.41) is 13.5. The summed E-state index contributed by atoms with van der Waals surface area (Å²) in [6.07, 6.45) is 1.97. The number of aromatic nitrogens is 5. The third kappa shape index (κ3) is 4.49. The number of ether oxygens (including phenoxy) is 3. The molecule has 12 heteroatoms. The van der Waals surface area contributed by atoms with Crippen LogP contribution >= 0.6 is 0 Å². The lowest BCUT2D eigenvalue weighted by Crippen LogP contribution is -2.49. The number of halogens is 1. The number of piperazine rings is 1. The van der Waals surface area contributed by atoms with Crippen molar-refractivity contribution in [1.29, 1.82) is 0 Å². The van der Waals surface area contributed by atoms with Gasteiger partial charge in [-0.1, -0.05) is 12.1 Å². The summed E-state index contributed by atoms with van der Waals surface area (Å²) in [4.78, 5) is 20.8. The Hall–Kier alpha value is -4.03. The molecule has 2 saturated heterocycles. The lowest BCUT2D eigenvalue weighted by atomic mass is 10.0. The minimum atomic E-state index is -0.511. The van der Waals surface area contributed by atoms with Gasteiger partial charge < -0.3 is 24.1 Å². The number of anilines is 1. The van der Waals surface area contributed by atoms with Gasteiger partial charge in [-0.05, 0) is 47.5 Å². The van der Waals surface area contributed by atoms with Crippen LogP contribution in [0.3, 0.4) is 0 Å². The molecule has 2 aromatic carbocycles. The molecule has 0 bridgehead atoms. The average Bonchev–Trinajstić information content (AvgIpc) is 3.72. The molecule has 5 heterocycles. The predicted octanol–water partition coefficient (Wildman–Crippen LogP) is 2.47. The Bertz CT molecular complexity index is 1560. The molecule has 0 unspecified atom stereocenters. The summed E-state index contributed by atoms with van der Waals surface area (Å²) < 4.78 is 33.2. The average molecular weight is 534 g/mol. The molecule has 2 aromatic heterocycles. The van der Waals surface area contributed by atoms with E-state index in [9.17, 15) is 9.18 Å². The van der Waals surface area contributed by atoms with Crippen LogP contribution in [0, 0.1) is 5.82 Å². The van der Waals surface area contributed by atoms with Crippen LogP contribution in [0.25, 0.3) is 10.9 Å². The highest BCUT2D eigenvalue weighted by Gasteiger charge is 2.34. The molecule has 2 atom stereocenters. The zero-order valence-electron chi connectivity index (χ0n) is 21.3. The number of fused-ring (bicyclic) bond motifs is 2. The Morgan fingerprint density at radius 2 is 1.90 bits per heavy atom. The van der Waals surface area contributed by atoms with E-state index in [2.05, 4.69) is 25.4 Å². The molecule has 0 spiro atoms. The van der Waals surface area contributed by atoms with Crippen molar-refractivity contribution in [2.24, 2.45) is 0 Å². The third-order valence-electron chi connectivity index (χ3n) is 7.74. The van der Waals surface area contributed by atoms with Crippen LogP contribution in [0.4, 0.5) is 10.1 Å². The molecule has 0 aliphatic carbocycles. The number of nitrogens with one attached hydrogen (secondary N) is 1. The normalized spacial score (nSPS) is 20.1. The van der Waals surface area contributed by atoms with E-state index >= 15 is 0 Å². The second kappa shape index (κ2) is 9.93. The minimum absolute atomic E-state index is 0.0282. The highest BCUT2D eigenvalue weighted by molar-refractivity contribution is 5.83. The zero-order chi connectivity index (χ0) is 26.3. The molecule has 1 N–H and O–H groups in total. The maximum atomic E-state index is 14.5. The first kappa shape index (κ1) is 24.0. The fraction of sp³-hybridized carbons (Fsp3) is 0.407. The van der Waals surface area contributed by atoms with Crippen molar-refractivity contribution < 1.29 is 18.6 Å². The topological polar surface area (TPSA) is 111 Å². The molecule has 0 saturated carbocycles. The van der Waals surface area contributed by atoms with Crippen LogP contribution in [-0.4, -0.2) is 75.8 Å². The number of aromatic amines is 1. The summed E-state index contributed by atoms with van der Waals surface area (Å²) in [6, 6.07) is 11.8. The molecule has 11 nitrogen and oxygen atoms in total. The summed E-state index contributed by atoms with van der Waals surface area (Å²) in [7, 11) is 0. The van der Waals surface area contributed by atoms with E-state index in [1.54, 1.807) is 22.9 Å². The van der Waals surface area contributed by atoms with Crippen molar-refractivity contribution in [2.45, 2.75) is 31.5 Å². The zero-order valence-corrected chi connectivity index (χ0v) is 21.3. The van der Waals surface area contributed by atoms with E-state index in [1.165, 1.54) is 6.07 Å². The van der Waals surface area contributed by atoms with Gasteiger partial charge in [0.15, 0.2) is 17.3 Å². The molecular formula is C27H28FN7O4. The largest absolute Gasteiger partial charge is 0.454 e. The van der Waals surface area contributed by atoms with E-state index in [1.807, 2.05) is 23.1 Å². The standard InChI is InChI=1S/C27H28FN7O4/c28-20-5-1-2-6-22(20)33-7-9-34(10-8-33)25(26-30-31-32-35(26)15-18-4-3-11-37-18)19-12-17-13-23-24(39-16-38-23)14-21(17)29-27(19)36/h1-2,5-6,12-14,18,25H,3-4,7-11,15-16H2,(H,29,36)/t18-,25+/m0/s1. The number of nitrogens with zero attached hydrogens (tertiary/aromatic N) is 6. The Morgan fingerprint density at radius 3 is 2.69 bits per heavy atom. The number of pyridine rings is 1. The van der Waals surface area contributed by atoms with Gasteiger partial charge in [0.05, 0.1) is 23.9 Å². The molecule has 0 radical (unpaired) electrons. The quantitative estimate of drug-likeness (QED) is 0.400. The van der Waals surface area contributed by atoms with Gasteiger partial charge in [0, 0.05) is 49.8 Å². The number of para-hydroxylation sites is 1. The first-order valence-electron chi connectivity index (χ1n) is 13.2. The van der Waals surface area contributed by atoms with Crippen LogP contribution in [0.1, 0.15) is 30.3 Å². The van der Waals surface area contributed by atoms with Gasteiger partial charge in [-0.25, -0.2) is 9.07 Å². The van der Waals surface area contributed by atoms with Crippen molar-refractivity contribution in [3.05, 3.63) is 70.0 Å². The maximum absolute atomic E-state index is 14.5. The number of tetrazole rings is 1. The molecule has 7 rings (SSSR count). The van der Waals surface area contributed by atoms with Gasteiger partial charge in [0.25, 0.3) is 5.56 Å². The molecule has 4 aromatic rings. The predicted molar refractivity (Wildman–Crippen MR) is 140 cm³/mol. The van der Waals surface area contributed by atoms with E-state index in [0.717, 1.165) is 24.8 Å². The Kier molecular flexibility index (Phi) is 6.12. The smallest absolute Gasteiger partial charge is 0.253 e. The van der Waals surface area contributed by atoms with Gasteiger partial charge in [-0.2, -0.15) is 0 Å². The molecular weight excluding hydrogens is 505 g/mol. The van der Waals surface area contributed by atoms with Gasteiger partial charge in [0.2, 0.25) is 6.79 Å². The maximum Gasteiger partial charge on any atom is 0.253 e. The van der Waals surface area contributed by atoms with Gasteiger partial charge in [-0.3, -0.25) is 9.69 Å². The molecule has 3 aliphatic heterocycles. The summed E-state index contributed by atoms with van der Waals surface area (Å²) >= 11 is 0. The number of rotatable bonds is 6. The fourth-order valence-electron chi connectivity index (χ4n) is 5.76. The Morgan fingerprint density at radius 1 is 1.08 bits per heavy atom. The lowest BCUT2D eigenvalue weighted by Gasteiger charge is -2.39. The molecule has 39 heavy (non-hydrogen) atoms. The first-order valence-corrected chi connectivity index (χ1v) is 13.2. The second-order valence-corrected chi connectivity index (χ2v) is 10.1. The van der Waals surface area contributed by atoms with Crippen LogP contribution < -0.4 is 19.9 Å². The Balaban J connectivity index is 1.26. The fourth-order valence-corrected chi connectivity index (χ4v) is 5.76. The highest BCUT2D eigenvalue weighted by Crippen LogP contribution is 2.36. The number of H-pyrrole nitrogens is 1. The monoisotopic (exact) mass is 533 g/mol. The number of hydrogen-bond donors (Lipinski definition) is 1. The Labute approximate surface area is 223 Å². The van der Waals surface area contributed by atoms with Crippen molar-refractivity contribution in [3.8, 4) is 11.5 Å². The third-order valence-corrected chi connectivity index (χ3v) is 7.74. The molecule has 2 fully saturated rings. The van der Waals surface area contributed by atoms with Crippen LogP contribution in [0.2, 0.25) is 0 Å². The number of benzene rings is 2. The van der Waals surface area contributed by atoms with E-state index in [4.69, 9.17) is 14.2 Å². The number of hydrogen-bond acceptors (Lipinski definition) is 9. The van der Waals surface area contributed by atoms with Gasteiger partial charge in [-0.15, -0.1) is 5.10 Å². The van der Waals surface area contributed by atoms with Crippen LogP contribution in [0.15, 0.2) is 47.3 Å². The van der Waals surface area contributed by atoms with Gasteiger partial charge in [0.1, 0.15) is 11.9 Å². The van der Waals surface area contributed by atoms with Crippen LogP contribution in [0.5, 0.6) is 11.5 Å². The van der Waals surface area contributed by atoms with E-state index in [-0.39, 0.29) is 24.3 Å². The second-order valence-electron chi connectivity index (χ2n) is 10.1. The van der Waals surface area contributed by atoms with Crippen molar-refractivity contribution in [3.63, 3.8) is 0 Å². The summed E-state index contributed by atoms with van der Waals surface area (Å²) in [6.45, 7) is 3.75. The lowest BCUT2D eigenvalue weighted by molar-refractivity contribution is 0.0906. The van der Waals surface area contributed by atoms with Crippen molar-refractivity contribution in [2.75, 3.05) is 44.5 Å². The summed E-state index contributed by atoms with van der Waals surface area (Å²) in [5.74, 6) is 1.58. The van der Waals surface area contributed by atoms with E-state index < -0.39 is 6.04 Å². The first-order chi connectivity index (χ1) is 19.1. The molecule has 3 aliphatic rings. The highest BCUT2D eigenvalue weighted by atomic mass is 19.1. The minimum Gasteiger partial charge on any atom is -0.454 e. The van der Waals surface area contributed by atoms with E-state index in [0.29, 0.717) is 66.8 Å². The SMILES string of the molecule is O=c1[nH]c2cc3c(cc2cc1[C@H](c1nnnn1C[C@@H]1CCCO1)N1CCN(c2ccccc2F)CC1)OCO3. The van der Waals surface area contributed by atoms with Crippen molar-refractivity contribution >= 4 is 16.6 Å². The summed E-state index contributed by atoms with van der Waals surface area (Å²) in [5.41, 5.74) is 1.55. The van der Waals surface area contributed by atoms with Gasteiger partial charge >= 0.3 is 0 Å². The molecule has 202 valence electrons.